The monoisotopic (exact) mass is 408 g/mol. The zero-order valence-electron chi connectivity index (χ0n) is 15.8. The zero-order chi connectivity index (χ0) is 20.6. The van der Waals surface area contributed by atoms with Crippen LogP contribution in [0.25, 0.3) is 5.78 Å². The van der Waals surface area contributed by atoms with E-state index in [1.807, 2.05) is 4.90 Å². The molecule has 0 radical (unpaired) electrons. The van der Waals surface area contributed by atoms with E-state index in [0.29, 0.717) is 31.1 Å². The molecule has 1 aliphatic heterocycles. The molecule has 154 valence electrons. The van der Waals surface area contributed by atoms with Crippen LogP contribution < -0.4 is 4.90 Å². The summed E-state index contributed by atoms with van der Waals surface area (Å²) in [7, 11) is 0. The number of anilines is 1. The van der Waals surface area contributed by atoms with Crippen LogP contribution in [0.3, 0.4) is 0 Å². The topological polar surface area (TPSA) is 49.6 Å². The molecule has 0 aliphatic carbocycles. The van der Waals surface area contributed by atoms with Gasteiger partial charge in [-0.1, -0.05) is 12.1 Å². The molecular formula is C19H20F4N6. The average Bonchev–Trinajstić information content (AvgIpc) is 2.96. The van der Waals surface area contributed by atoms with Crippen molar-refractivity contribution in [3.8, 4) is 0 Å². The largest absolute Gasteiger partial charge is 0.453 e. The summed E-state index contributed by atoms with van der Waals surface area (Å²) in [5.74, 6) is -0.956. The van der Waals surface area contributed by atoms with Crippen molar-refractivity contribution in [3.63, 3.8) is 0 Å². The van der Waals surface area contributed by atoms with Crippen molar-refractivity contribution in [3.05, 3.63) is 53.2 Å². The maximum absolute atomic E-state index is 13.1. The summed E-state index contributed by atoms with van der Waals surface area (Å²) in [5.41, 5.74) is 1.61. The van der Waals surface area contributed by atoms with Gasteiger partial charge < -0.3 is 4.90 Å². The molecule has 3 heterocycles. The fourth-order valence-corrected chi connectivity index (χ4v) is 3.52. The molecule has 1 fully saturated rings. The second-order valence-electron chi connectivity index (χ2n) is 7.14. The van der Waals surface area contributed by atoms with Crippen LogP contribution in [-0.4, -0.2) is 50.7 Å². The van der Waals surface area contributed by atoms with Crippen molar-refractivity contribution >= 4 is 11.6 Å². The number of hydrogen-bond acceptors (Lipinski definition) is 5. The van der Waals surface area contributed by atoms with Gasteiger partial charge in [0.2, 0.25) is 0 Å². The van der Waals surface area contributed by atoms with Crippen LogP contribution in [0.2, 0.25) is 0 Å². The van der Waals surface area contributed by atoms with Crippen molar-refractivity contribution in [2.75, 3.05) is 31.1 Å². The van der Waals surface area contributed by atoms with E-state index < -0.39 is 12.0 Å². The smallest absolute Gasteiger partial charge is 0.355 e. The lowest BCUT2D eigenvalue weighted by atomic mass is 10.2. The number of halogens is 4. The van der Waals surface area contributed by atoms with Crippen molar-refractivity contribution in [2.45, 2.75) is 26.1 Å². The highest BCUT2D eigenvalue weighted by molar-refractivity contribution is 5.48. The fraction of sp³-hybridized carbons (Fsp3) is 0.421. The second kappa shape index (κ2) is 7.58. The van der Waals surface area contributed by atoms with Crippen LogP contribution >= 0.6 is 0 Å². The van der Waals surface area contributed by atoms with E-state index >= 15 is 0 Å². The third-order valence-corrected chi connectivity index (χ3v) is 4.91. The van der Waals surface area contributed by atoms with E-state index in [-0.39, 0.29) is 11.6 Å². The summed E-state index contributed by atoms with van der Waals surface area (Å²) in [6.07, 6.45) is -3.78. The van der Waals surface area contributed by atoms with Crippen molar-refractivity contribution in [2.24, 2.45) is 0 Å². The Morgan fingerprint density at radius 2 is 1.76 bits per heavy atom. The van der Waals surface area contributed by atoms with Crippen molar-refractivity contribution in [1.29, 1.82) is 0 Å². The molecule has 2 aromatic heterocycles. The molecule has 0 amide bonds. The number of benzene rings is 1. The van der Waals surface area contributed by atoms with Gasteiger partial charge in [0.25, 0.3) is 11.6 Å². The van der Waals surface area contributed by atoms with Gasteiger partial charge in [0, 0.05) is 44.5 Å². The minimum absolute atomic E-state index is 0.0558. The molecule has 0 atom stereocenters. The van der Waals surface area contributed by atoms with Crippen LogP contribution in [-0.2, 0) is 12.7 Å². The molecule has 1 aromatic carbocycles. The van der Waals surface area contributed by atoms with E-state index in [9.17, 15) is 17.6 Å². The van der Waals surface area contributed by atoms with Gasteiger partial charge in [-0.15, -0.1) is 5.10 Å². The number of aromatic nitrogens is 4. The highest BCUT2D eigenvalue weighted by Gasteiger charge is 2.37. The first kappa shape index (κ1) is 19.6. The Labute approximate surface area is 164 Å². The Bertz CT molecular complexity index is 998. The molecule has 0 unspecified atom stereocenters. The van der Waals surface area contributed by atoms with Crippen LogP contribution in [0.15, 0.2) is 30.3 Å². The molecule has 1 aliphatic rings. The standard InChI is InChI=1S/C19H20F4N6/c1-13-11-16(29-18(24-13)25-17(26-29)19(21,22)23)28-8-2-7-27(9-10-28)12-14-3-5-15(20)6-4-14/h3-6,11H,2,7-10,12H2,1H3. The highest BCUT2D eigenvalue weighted by atomic mass is 19.4. The van der Waals surface area contributed by atoms with E-state index in [1.165, 1.54) is 16.6 Å². The normalized spacial score (nSPS) is 16.4. The minimum Gasteiger partial charge on any atom is -0.355 e. The van der Waals surface area contributed by atoms with Gasteiger partial charge in [-0.3, -0.25) is 4.90 Å². The van der Waals surface area contributed by atoms with Crippen molar-refractivity contribution in [1.82, 2.24) is 24.5 Å². The highest BCUT2D eigenvalue weighted by Crippen LogP contribution is 2.28. The maximum Gasteiger partial charge on any atom is 0.453 e. The molecule has 3 aromatic rings. The molecule has 0 N–H and O–H groups in total. The van der Waals surface area contributed by atoms with E-state index in [2.05, 4.69) is 20.0 Å². The van der Waals surface area contributed by atoms with Gasteiger partial charge in [-0.05, 0) is 31.0 Å². The summed E-state index contributed by atoms with van der Waals surface area (Å²) in [4.78, 5) is 11.9. The van der Waals surface area contributed by atoms with Crippen LogP contribution in [0.1, 0.15) is 23.5 Å². The van der Waals surface area contributed by atoms with Gasteiger partial charge in [-0.25, -0.2) is 9.37 Å². The lowest BCUT2D eigenvalue weighted by Gasteiger charge is -2.24. The number of nitrogens with zero attached hydrogens (tertiary/aromatic N) is 6. The quantitative estimate of drug-likeness (QED) is 0.623. The first-order valence-corrected chi connectivity index (χ1v) is 9.33. The molecule has 0 saturated carbocycles. The SMILES string of the molecule is Cc1cc(N2CCCN(Cc3ccc(F)cc3)CC2)n2nc(C(F)(F)F)nc2n1. The molecule has 29 heavy (non-hydrogen) atoms. The Morgan fingerprint density at radius 3 is 2.48 bits per heavy atom. The maximum atomic E-state index is 13.1. The lowest BCUT2D eigenvalue weighted by Crippen LogP contribution is -2.31. The van der Waals surface area contributed by atoms with Gasteiger partial charge in [0.15, 0.2) is 0 Å². The summed E-state index contributed by atoms with van der Waals surface area (Å²) >= 11 is 0. The first-order chi connectivity index (χ1) is 13.8. The Balaban J connectivity index is 1.55. The number of hydrogen-bond donors (Lipinski definition) is 0. The average molecular weight is 408 g/mol. The van der Waals surface area contributed by atoms with Crippen LogP contribution in [0, 0.1) is 12.7 Å². The van der Waals surface area contributed by atoms with E-state index in [1.54, 1.807) is 25.1 Å². The summed E-state index contributed by atoms with van der Waals surface area (Å²) in [6, 6.07) is 8.15. The van der Waals surface area contributed by atoms with Gasteiger partial charge >= 0.3 is 6.18 Å². The molecular weight excluding hydrogens is 388 g/mol. The summed E-state index contributed by atoms with van der Waals surface area (Å²) in [6.45, 7) is 5.29. The number of fused-ring (bicyclic) bond motifs is 1. The Morgan fingerprint density at radius 1 is 1.00 bits per heavy atom. The van der Waals surface area contributed by atoms with Gasteiger partial charge in [0.1, 0.15) is 11.6 Å². The van der Waals surface area contributed by atoms with Crippen LogP contribution in [0.5, 0.6) is 0 Å². The first-order valence-electron chi connectivity index (χ1n) is 9.33. The van der Waals surface area contributed by atoms with Gasteiger partial charge in [-0.2, -0.15) is 22.7 Å². The number of aryl methyl sites for hydroxylation is 1. The minimum atomic E-state index is -4.62. The number of alkyl halides is 3. The third-order valence-electron chi connectivity index (χ3n) is 4.91. The van der Waals surface area contributed by atoms with Gasteiger partial charge in [0.05, 0.1) is 0 Å². The molecule has 1 saturated heterocycles. The number of rotatable bonds is 3. The Kier molecular flexibility index (Phi) is 5.12. The summed E-state index contributed by atoms with van der Waals surface area (Å²) < 4.78 is 53.4. The second-order valence-corrected chi connectivity index (χ2v) is 7.14. The molecule has 10 heteroatoms. The molecule has 4 rings (SSSR count). The van der Waals surface area contributed by atoms with Crippen molar-refractivity contribution < 1.29 is 17.6 Å². The third kappa shape index (κ3) is 4.31. The lowest BCUT2D eigenvalue weighted by molar-refractivity contribution is -0.144. The predicted octanol–water partition coefficient (Wildman–Crippen LogP) is 3.30. The molecule has 6 nitrogen and oxygen atoms in total. The van der Waals surface area contributed by atoms with E-state index in [0.717, 1.165) is 25.1 Å². The zero-order valence-corrected chi connectivity index (χ0v) is 15.8. The summed E-state index contributed by atoms with van der Waals surface area (Å²) in [5, 5.41) is 3.65. The predicted molar refractivity (Wildman–Crippen MR) is 99.0 cm³/mol. The van der Waals surface area contributed by atoms with E-state index in [4.69, 9.17) is 0 Å². The molecule has 0 bridgehead atoms. The van der Waals surface area contributed by atoms with Crippen LogP contribution in [0.4, 0.5) is 23.4 Å². The Hall–Kier alpha value is -2.75. The fourth-order valence-electron chi connectivity index (χ4n) is 3.52. The molecule has 0 spiro atoms.